The molecular weight excluding hydrogens is 348 g/mol. The van der Waals surface area contributed by atoms with Crippen LogP contribution in [0, 0.1) is 0 Å². The highest BCUT2D eigenvalue weighted by Gasteiger charge is 2.23. The lowest BCUT2D eigenvalue weighted by atomic mass is 10.1. The first kappa shape index (κ1) is 15.3. The van der Waals surface area contributed by atoms with Crippen LogP contribution >= 0.6 is 22.7 Å². The van der Waals surface area contributed by atoms with Crippen molar-refractivity contribution in [3.63, 3.8) is 0 Å². The van der Waals surface area contributed by atoms with E-state index in [2.05, 4.69) is 57.6 Å². The molecule has 1 N–H and O–H groups in total. The molecule has 0 radical (unpaired) electrons. The first-order valence-electron chi connectivity index (χ1n) is 8.43. The Kier molecular flexibility index (Phi) is 3.69. The van der Waals surface area contributed by atoms with Crippen LogP contribution < -0.4 is 5.32 Å². The maximum absolute atomic E-state index is 4.59. The first-order valence-corrected chi connectivity index (χ1v) is 10.1. The topological polar surface area (TPSA) is 41.0 Å². The summed E-state index contributed by atoms with van der Waals surface area (Å²) in [5, 5.41) is 4.78. The van der Waals surface area contributed by atoms with Crippen molar-refractivity contribution in [2.45, 2.75) is 12.3 Å². The summed E-state index contributed by atoms with van der Waals surface area (Å²) in [6.07, 6.45) is 3.14. The number of likely N-dealkylation sites (N-methyl/N-ethyl adjacent to an activating group) is 1. The number of aromatic nitrogens is 2. The van der Waals surface area contributed by atoms with Crippen LogP contribution in [0.1, 0.15) is 17.2 Å². The molecule has 4 heterocycles. The Bertz CT molecular complexity index is 1050. The van der Waals surface area contributed by atoms with Crippen LogP contribution in [-0.2, 0) is 0 Å². The number of hydrogen-bond donors (Lipinski definition) is 1. The number of rotatable bonds is 3. The van der Waals surface area contributed by atoms with Gasteiger partial charge in [-0.05, 0) is 50.3 Å². The molecule has 1 saturated heterocycles. The zero-order valence-corrected chi connectivity index (χ0v) is 15.5. The number of thiazole rings is 1. The predicted molar refractivity (Wildman–Crippen MR) is 107 cm³/mol. The van der Waals surface area contributed by atoms with Crippen molar-refractivity contribution in [3.8, 4) is 0 Å². The Morgan fingerprint density at radius 3 is 3.04 bits per heavy atom. The SMILES string of the molecule is CN1CC[C@H](c2cc3c(Nc4ccc5scnc5c4)ccnc3s2)C1. The summed E-state index contributed by atoms with van der Waals surface area (Å²) in [4.78, 5) is 14.0. The largest absolute Gasteiger partial charge is 0.355 e. The molecule has 126 valence electrons. The monoisotopic (exact) mass is 366 g/mol. The van der Waals surface area contributed by atoms with Gasteiger partial charge in [-0.15, -0.1) is 22.7 Å². The number of benzene rings is 1. The molecule has 1 aliphatic rings. The standard InChI is InChI=1S/C19H18N4S2/c1-23-7-5-12(10-23)18-9-14-15(4-6-20-19(14)25-18)22-13-2-3-17-16(8-13)21-11-24-17/h2-4,6,8-9,11-12H,5,7,10H2,1H3,(H,20,22)/t12-/m0/s1. The number of pyridine rings is 1. The first-order chi connectivity index (χ1) is 12.3. The summed E-state index contributed by atoms with van der Waals surface area (Å²) < 4.78 is 1.22. The van der Waals surface area contributed by atoms with Gasteiger partial charge in [-0.3, -0.25) is 0 Å². The number of fused-ring (bicyclic) bond motifs is 2. The fourth-order valence-corrected chi connectivity index (χ4v) is 5.34. The number of anilines is 2. The third kappa shape index (κ3) is 2.80. The molecule has 0 bridgehead atoms. The van der Waals surface area contributed by atoms with Crippen LogP contribution in [0.15, 0.2) is 42.0 Å². The molecule has 0 spiro atoms. The molecule has 0 amide bonds. The van der Waals surface area contributed by atoms with Crippen molar-refractivity contribution in [2.75, 3.05) is 25.5 Å². The highest BCUT2D eigenvalue weighted by atomic mass is 32.1. The van der Waals surface area contributed by atoms with Gasteiger partial charge >= 0.3 is 0 Å². The summed E-state index contributed by atoms with van der Waals surface area (Å²) in [6, 6.07) is 10.7. The number of nitrogens with one attached hydrogen (secondary N) is 1. The lowest BCUT2D eigenvalue weighted by Gasteiger charge is -2.08. The van der Waals surface area contributed by atoms with Gasteiger partial charge in [0.25, 0.3) is 0 Å². The van der Waals surface area contributed by atoms with Crippen molar-refractivity contribution >= 4 is 54.5 Å². The zero-order valence-electron chi connectivity index (χ0n) is 13.9. The van der Waals surface area contributed by atoms with Gasteiger partial charge in [-0.1, -0.05) is 0 Å². The van der Waals surface area contributed by atoms with Gasteiger partial charge in [-0.25, -0.2) is 9.97 Å². The molecule has 0 unspecified atom stereocenters. The van der Waals surface area contributed by atoms with Crippen molar-refractivity contribution in [1.82, 2.24) is 14.9 Å². The average molecular weight is 367 g/mol. The number of nitrogens with zero attached hydrogens (tertiary/aromatic N) is 3. The lowest BCUT2D eigenvalue weighted by Crippen LogP contribution is -2.12. The Hall–Kier alpha value is -2.02. The van der Waals surface area contributed by atoms with Gasteiger partial charge in [0.2, 0.25) is 0 Å². The molecule has 1 aromatic carbocycles. The molecule has 5 rings (SSSR count). The van der Waals surface area contributed by atoms with Crippen LogP contribution in [0.5, 0.6) is 0 Å². The Labute approximate surface area is 154 Å². The Balaban J connectivity index is 1.51. The summed E-state index contributed by atoms with van der Waals surface area (Å²) in [5.74, 6) is 0.642. The van der Waals surface area contributed by atoms with Crippen molar-refractivity contribution in [3.05, 3.63) is 46.9 Å². The quantitative estimate of drug-likeness (QED) is 0.550. The van der Waals surface area contributed by atoms with Crippen LogP contribution in [0.3, 0.4) is 0 Å². The summed E-state index contributed by atoms with van der Waals surface area (Å²) >= 11 is 3.51. The van der Waals surface area contributed by atoms with E-state index in [4.69, 9.17) is 0 Å². The van der Waals surface area contributed by atoms with E-state index in [1.165, 1.54) is 27.9 Å². The minimum absolute atomic E-state index is 0.642. The third-order valence-corrected chi connectivity index (χ3v) is 6.87. The molecule has 4 aromatic rings. The number of hydrogen-bond acceptors (Lipinski definition) is 6. The summed E-state index contributed by atoms with van der Waals surface area (Å²) in [6.45, 7) is 2.33. The third-order valence-electron chi connectivity index (χ3n) is 4.86. The van der Waals surface area contributed by atoms with Gasteiger partial charge in [0.15, 0.2) is 0 Å². The Morgan fingerprint density at radius 1 is 1.20 bits per heavy atom. The van der Waals surface area contributed by atoms with E-state index in [0.717, 1.165) is 28.3 Å². The highest BCUT2D eigenvalue weighted by molar-refractivity contribution is 7.18. The second-order valence-electron chi connectivity index (χ2n) is 6.63. The van der Waals surface area contributed by atoms with Crippen molar-refractivity contribution in [1.29, 1.82) is 0 Å². The zero-order chi connectivity index (χ0) is 16.8. The molecule has 3 aromatic heterocycles. The molecule has 1 atom stereocenters. The van der Waals surface area contributed by atoms with Crippen molar-refractivity contribution in [2.24, 2.45) is 0 Å². The van der Waals surface area contributed by atoms with Gasteiger partial charge in [0.05, 0.1) is 21.4 Å². The molecule has 4 nitrogen and oxygen atoms in total. The summed E-state index contributed by atoms with van der Waals surface area (Å²) in [5.41, 5.74) is 5.12. The smallest absolute Gasteiger partial charge is 0.125 e. The number of likely N-dealkylation sites (tertiary alicyclic amines) is 1. The van der Waals surface area contributed by atoms with Crippen LogP contribution in [0.2, 0.25) is 0 Å². The van der Waals surface area contributed by atoms with Gasteiger partial charge < -0.3 is 10.2 Å². The molecule has 6 heteroatoms. The lowest BCUT2D eigenvalue weighted by molar-refractivity contribution is 0.412. The van der Waals surface area contributed by atoms with E-state index < -0.39 is 0 Å². The minimum atomic E-state index is 0.642. The molecule has 25 heavy (non-hydrogen) atoms. The van der Waals surface area contributed by atoms with Gasteiger partial charge in [0.1, 0.15) is 4.83 Å². The van der Waals surface area contributed by atoms with E-state index >= 15 is 0 Å². The highest BCUT2D eigenvalue weighted by Crippen LogP contribution is 2.38. The Morgan fingerprint density at radius 2 is 2.16 bits per heavy atom. The predicted octanol–water partition coefficient (Wildman–Crippen LogP) is 5.07. The molecule has 0 aliphatic carbocycles. The average Bonchev–Trinajstić information content (AvgIpc) is 3.32. The minimum Gasteiger partial charge on any atom is -0.355 e. The summed E-state index contributed by atoms with van der Waals surface area (Å²) in [7, 11) is 2.20. The van der Waals surface area contributed by atoms with E-state index in [0.29, 0.717) is 5.92 Å². The van der Waals surface area contributed by atoms with Gasteiger partial charge in [-0.2, -0.15) is 0 Å². The van der Waals surface area contributed by atoms with Crippen LogP contribution in [0.4, 0.5) is 11.4 Å². The van der Waals surface area contributed by atoms with E-state index in [1.807, 2.05) is 23.0 Å². The van der Waals surface area contributed by atoms with Crippen molar-refractivity contribution < 1.29 is 0 Å². The molecule has 1 aliphatic heterocycles. The van der Waals surface area contributed by atoms with E-state index in [9.17, 15) is 0 Å². The van der Waals surface area contributed by atoms with Gasteiger partial charge in [0, 0.05) is 34.6 Å². The second kappa shape index (κ2) is 6.05. The second-order valence-corrected chi connectivity index (χ2v) is 8.58. The fraction of sp³-hybridized carbons (Fsp3) is 0.263. The van der Waals surface area contributed by atoms with Crippen LogP contribution in [-0.4, -0.2) is 35.0 Å². The molecule has 0 saturated carbocycles. The van der Waals surface area contributed by atoms with E-state index in [1.54, 1.807) is 11.3 Å². The fourth-order valence-electron chi connectivity index (χ4n) is 3.53. The normalized spacial score (nSPS) is 18.4. The maximum Gasteiger partial charge on any atom is 0.125 e. The maximum atomic E-state index is 4.59. The molecule has 1 fully saturated rings. The van der Waals surface area contributed by atoms with Crippen LogP contribution in [0.25, 0.3) is 20.4 Å². The molecular formula is C19H18N4S2. The number of thiophene rings is 1. The van der Waals surface area contributed by atoms with E-state index in [-0.39, 0.29) is 0 Å².